The van der Waals surface area contributed by atoms with Crippen LogP contribution in [0.4, 0.5) is 34.1 Å². The number of hydrogen-bond acceptors (Lipinski definition) is 4. The Bertz CT molecular complexity index is 2900. The molecule has 2 heterocycles. The maximum absolute atomic E-state index is 7.51. The Hall–Kier alpha value is -7.24. The van der Waals surface area contributed by atoms with E-state index in [0.29, 0.717) is 0 Å². The zero-order chi connectivity index (χ0) is 43.0. The van der Waals surface area contributed by atoms with Gasteiger partial charge in [-0.3, -0.25) is 0 Å². The summed E-state index contributed by atoms with van der Waals surface area (Å²) in [7, 11) is 0. The van der Waals surface area contributed by atoms with E-state index in [0.717, 1.165) is 95.1 Å². The van der Waals surface area contributed by atoms with Gasteiger partial charge in [0.15, 0.2) is 0 Å². The lowest BCUT2D eigenvalue weighted by Crippen LogP contribution is -2.58. The first kappa shape index (κ1) is 38.7. The maximum atomic E-state index is 7.51. The third-order valence-electron chi connectivity index (χ3n) is 12.8. The maximum Gasteiger partial charge on any atom is 0.262 e. The molecule has 0 amide bonds. The lowest BCUT2D eigenvalue weighted by Gasteiger charge is -2.41. The molecular formula is C58H49BN2O2. The van der Waals surface area contributed by atoms with Crippen LogP contribution in [0, 0.1) is 0 Å². The van der Waals surface area contributed by atoms with Crippen molar-refractivity contribution < 1.29 is 9.47 Å². The van der Waals surface area contributed by atoms with E-state index < -0.39 is 0 Å². The van der Waals surface area contributed by atoms with Gasteiger partial charge >= 0.3 is 0 Å². The van der Waals surface area contributed by atoms with Gasteiger partial charge in [0, 0.05) is 62.2 Å². The van der Waals surface area contributed by atoms with Gasteiger partial charge in [0.2, 0.25) is 0 Å². The SMILES string of the molecule is CC(C)(C)c1cc(C(C)(C)C)c2c3c1Oc1cc(N(c4ccccc4)c4ccccc4)c4ccccc4c1B3c1c(cc(N(c3ccccc3)c3ccccc3)c3ccccc13)O2. The van der Waals surface area contributed by atoms with Gasteiger partial charge in [0.05, 0.1) is 11.4 Å². The minimum absolute atomic E-state index is 0.201. The second-order valence-electron chi connectivity index (χ2n) is 18.9. The second-order valence-corrected chi connectivity index (χ2v) is 18.9. The first-order valence-corrected chi connectivity index (χ1v) is 22.1. The van der Waals surface area contributed by atoms with Crippen molar-refractivity contribution in [3.63, 3.8) is 0 Å². The Morgan fingerprint density at radius 2 is 0.651 bits per heavy atom. The summed E-state index contributed by atoms with van der Waals surface area (Å²) in [5, 5.41) is 4.60. The number of nitrogens with zero attached hydrogens (tertiary/aromatic N) is 2. The second kappa shape index (κ2) is 14.7. The van der Waals surface area contributed by atoms with E-state index in [9.17, 15) is 0 Å². The molecule has 0 radical (unpaired) electrons. The Morgan fingerprint density at radius 3 is 0.968 bits per heavy atom. The first-order chi connectivity index (χ1) is 30.6. The van der Waals surface area contributed by atoms with Crippen LogP contribution in [0.1, 0.15) is 52.7 Å². The number of anilines is 6. The Morgan fingerprint density at radius 1 is 0.349 bits per heavy atom. The third kappa shape index (κ3) is 6.37. The molecule has 0 spiro atoms. The highest BCUT2D eigenvalue weighted by molar-refractivity contribution is 7.01. The molecule has 306 valence electrons. The zero-order valence-corrected chi connectivity index (χ0v) is 36.7. The van der Waals surface area contributed by atoms with Crippen molar-refractivity contribution in [2.45, 2.75) is 52.4 Å². The number of ether oxygens (including phenoxy) is 2. The average molecular weight is 817 g/mol. The molecule has 0 aliphatic carbocycles. The molecule has 0 bridgehead atoms. The van der Waals surface area contributed by atoms with E-state index in [2.05, 4.69) is 239 Å². The molecule has 9 aromatic rings. The van der Waals surface area contributed by atoms with E-state index in [1.54, 1.807) is 0 Å². The standard InChI is InChI=1S/C58H49BN2O2/c1-57(2,3)46-35-47(58(4,5)6)56-54-55(46)62-50-36-48(60(38-23-11-7-12-24-38)39-25-13-8-14-26-39)42-31-19-21-33-44(42)52(50)59(54)53-45-34-22-20-32-43(45)49(37-51(53)63-56)61(40-27-15-9-16-28-40)41-29-17-10-18-30-41/h7-37H,1-6H3. The highest BCUT2D eigenvalue weighted by atomic mass is 16.5. The van der Waals surface area contributed by atoms with Gasteiger partial charge in [-0.2, -0.15) is 0 Å². The van der Waals surface area contributed by atoms with Crippen molar-refractivity contribution in [1.82, 2.24) is 0 Å². The number of benzene rings is 9. The van der Waals surface area contributed by atoms with Crippen molar-refractivity contribution in [1.29, 1.82) is 0 Å². The summed E-state index contributed by atoms with van der Waals surface area (Å²) in [4.78, 5) is 4.73. The van der Waals surface area contributed by atoms with Crippen molar-refractivity contribution >= 4 is 78.8 Å². The predicted octanol–water partition coefficient (Wildman–Crippen LogP) is 14.3. The Kier molecular flexibility index (Phi) is 9.02. The summed E-state index contributed by atoms with van der Waals surface area (Å²) in [6, 6.07) is 67.4. The van der Waals surface area contributed by atoms with Gasteiger partial charge in [-0.15, -0.1) is 0 Å². The van der Waals surface area contributed by atoms with Crippen LogP contribution < -0.4 is 35.7 Å². The molecule has 5 heteroatoms. The number of fused-ring (bicyclic) bond motifs is 8. The van der Waals surface area contributed by atoms with Crippen molar-refractivity contribution in [2.75, 3.05) is 9.80 Å². The molecule has 2 aliphatic heterocycles. The molecule has 63 heavy (non-hydrogen) atoms. The summed E-state index contributed by atoms with van der Waals surface area (Å²) in [5.74, 6) is 3.50. The van der Waals surface area contributed by atoms with Crippen LogP contribution in [0.2, 0.25) is 0 Å². The molecule has 0 saturated heterocycles. The van der Waals surface area contributed by atoms with E-state index in [4.69, 9.17) is 9.47 Å². The molecule has 0 fully saturated rings. The summed E-state index contributed by atoms with van der Waals surface area (Å²) in [6.45, 7) is 13.6. The lowest BCUT2D eigenvalue weighted by atomic mass is 9.33. The van der Waals surface area contributed by atoms with Gasteiger partial charge in [0.1, 0.15) is 23.0 Å². The fourth-order valence-electron chi connectivity index (χ4n) is 9.92. The summed E-state index contributed by atoms with van der Waals surface area (Å²) in [6.07, 6.45) is 0. The van der Waals surface area contributed by atoms with E-state index in [1.165, 1.54) is 11.1 Å². The van der Waals surface area contributed by atoms with Gasteiger partial charge in [-0.05, 0) is 87.1 Å². The minimum atomic E-state index is -0.232. The molecule has 11 rings (SSSR count). The van der Waals surface area contributed by atoms with Crippen molar-refractivity contribution in [2.24, 2.45) is 0 Å². The summed E-state index contributed by atoms with van der Waals surface area (Å²) in [5.41, 5.74) is 11.7. The van der Waals surface area contributed by atoms with Crippen LogP contribution in [0.25, 0.3) is 21.5 Å². The lowest BCUT2D eigenvalue weighted by molar-refractivity contribution is 0.433. The normalized spacial score (nSPS) is 12.8. The number of hydrogen-bond donors (Lipinski definition) is 0. The molecule has 0 N–H and O–H groups in total. The number of para-hydroxylation sites is 4. The summed E-state index contributed by atoms with van der Waals surface area (Å²) < 4.78 is 15.0. The van der Waals surface area contributed by atoms with Gasteiger partial charge in [-0.1, -0.05) is 163 Å². The molecule has 0 aromatic heterocycles. The first-order valence-electron chi connectivity index (χ1n) is 22.1. The molecule has 2 aliphatic rings. The molecule has 4 nitrogen and oxygen atoms in total. The highest BCUT2D eigenvalue weighted by Crippen LogP contribution is 2.51. The number of rotatable bonds is 6. The molecule has 9 aromatic carbocycles. The van der Waals surface area contributed by atoms with Gasteiger partial charge in [-0.25, -0.2) is 0 Å². The Balaban J connectivity index is 1.26. The molecule has 0 unspecified atom stereocenters. The average Bonchev–Trinajstić information content (AvgIpc) is 3.29. The van der Waals surface area contributed by atoms with Crippen molar-refractivity contribution in [3.8, 4) is 23.0 Å². The predicted molar refractivity (Wildman–Crippen MR) is 266 cm³/mol. The van der Waals surface area contributed by atoms with Gasteiger partial charge < -0.3 is 19.3 Å². The Labute approximate surface area is 371 Å². The van der Waals surface area contributed by atoms with Crippen LogP contribution in [0.5, 0.6) is 23.0 Å². The van der Waals surface area contributed by atoms with E-state index >= 15 is 0 Å². The zero-order valence-electron chi connectivity index (χ0n) is 36.7. The minimum Gasteiger partial charge on any atom is -0.458 e. The monoisotopic (exact) mass is 816 g/mol. The van der Waals surface area contributed by atoms with Crippen LogP contribution in [-0.4, -0.2) is 6.71 Å². The van der Waals surface area contributed by atoms with Gasteiger partial charge in [0.25, 0.3) is 6.71 Å². The fourth-order valence-corrected chi connectivity index (χ4v) is 9.92. The molecule has 0 saturated carbocycles. The third-order valence-corrected chi connectivity index (χ3v) is 12.8. The van der Waals surface area contributed by atoms with E-state index in [1.807, 2.05) is 0 Å². The van der Waals surface area contributed by atoms with Crippen LogP contribution in [-0.2, 0) is 10.8 Å². The topological polar surface area (TPSA) is 24.9 Å². The van der Waals surface area contributed by atoms with Crippen LogP contribution in [0.15, 0.2) is 188 Å². The molecule has 0 atom stereocenters. The summed E-state index contributed by atoms with van der Waals surface area (Å²) >= 11 is 0. The largest absolute Gasteiger partial charge is 0.458 e. The van der Waals surface area contributed by atoms with Crippen molar-refractivity contribution in [3.05, 3.63) is 199 Å². The van der Waals surface area contributed by atoms with E-state index in [-0.39, 0.29) is 17.5 Å². The van der Waals surface area contributed by atoms with Crippen LogP contribution in [0.3, 0.4) is 0 Å². The smallest absolute Gasteiger partial charge is 0.262 e. The quantitative estimate of drug-likeness (QED) is 0.156. The highest BCUT2D eigenvalue weighted by Gasteiger charge is 2.47. The molecular weight excluding hydrogens is 767 g/mol. The van der Waals surface area contributed by atoms with Crippen LogP contribution >= 0.6 is 0 Å². The fraction of sp³-hybridized carbons (Fsp3) is 0.138.